The molecule has 2 rings (SSSR count). The van der Waals surface area contributed by atoms with E-state index in [2.05, 4.69) is 0 Å². The average Bonchev–Trinajstić information content (AvgIpc) is 2.32. The molecule has 0 amide bonds. The molecule has 0 aliphatic carbocycles. The van der Waals surface area contributed by atoms with E-state index in [1.54, 1.807) is 0 Å². The lowest BCUT2D eigenvalue weighted by molar-refractivity contribution is 0.0401. The topological polar surface area (TPSA) is 29.3 Å². The third-order valence-electron chi connectivity index (χ3n) is 3.27. The van der Waals surface area contributed by atoms with Crippen LogP contribution >= 0.6 is 0 Å². The Hall–Kier alpha value is -0.220. The second kappa shape index (κ2) is 3.50. The molecule has 2 heterocycles. The fourth-order valence-electron chi connectivity index (χ4n) is 2.77. The van der Waals surface area contributed by atoms with Crippen LogP contribution in [0, 0.1) is 0 Å². The number of hydrogen-bond donors (Lipinski definition) is 1. The summed E-state index contributed by atoms with van der Waals surface area (Å²) >= 11 is 0. The lowest BCUT2D eigenvalue weighted by Crippen LogP contribution is -2.48. The highest BCUT2D eigenvalue weighted by atomic mass is 19.3. The SMILES string of the molecule is NC1CC2CCC(C1)N2CC(F)F. The van der Waals surface area contributed by atoms with Crippen LogP contribution in [0.3, 0.4) is 0 Å². The molecule has 2 saturated heterocycles. The molecule has 2 aliphatic heterocycles. The van der Waals surface area contributed by atoms with Gasteiger partial charge in [-0.25, -0.2) is 8.78 Å². The third kappa shape index (κ3) is 1.83. The van der Waals surface area contributed by atoms with Gasteiger partial charge in [-0.05, 0) is 25.7 Å². The van der Waals surface area contributed by atoms with Gasteiger partial charge in [0.2, 0.25) is 0 Å². The number of fused-ring (bicyclic) bond motifs is 2. The summed E-state index contributed by atoms with van der Waals surface area (Å²) in [6.07, 6.45) is 1.74. The normalized spacial score (nSPS) is 40.2. The summed E-state index contributed by atoms with van der Waals surface area (Å²) in [5.74, 6) is 0. The van der Waals surface area contributed by atoms with Gasteiger partial charge in [0.1, 0.15) is 0 Å². The molecule has 2 bridgehead atoms. The van der Waals surface area contributed by atoms with Crippen LogP contribution in [0.5, 0.6) is 0 Å². The molecule has 0 aromatic rings. The van der Waals surface area contributed by atoms with Crippen molar-refractivity contribution in [3.8, 4) is 0 Å². The van der Waals surface area contributed by atoms with E-state index in [9.17, 15) is 8.78 Å². The van der Waals surface area contributed by atoms with Crippen LogP contribution in [0.2, 0.25) is 0 Å². The Morgan fingerprint density at radius 2 is 1.77 bits per heavy atom. The van der Waals surface area contributed by atoms with E-state index in [-0.39, 0.29) is 12.6 Å². The molecule has 0 spiro atoms. The number of rotatable bonds is 2. The van der Waals surface area contributed by atoms with Crippen molar-refractivity contribution >= 4 is 0 Å². The number of hydrogen-bond acceptors (Lipinski definition) is 2. The predicted octanol–water partition coefficient (Wildman–Crippen LogP) is 1.21. The van der Waals surface area contributed by atoms with Crippen LogP contribution in [0.4, 0.5) is 8.78 Å². The molecule has 2 nitrogen and oxygen atoms in total. The Balaban J connectivity index is 1.98. The molecule has 0 saturated carbocycles. The summed E-state index contributed by atoms with van der Waals surface area (Å²) in [4.78, 5) is 1.97. The first-order valence-electron chi connectivity index (χ1n) is 4.96. The van der Waals surface area contributed by atoms with Crippen molar-refractivity contribution in [1.29, 1.82) is 0 Å². The maximum atomic E-state index is 12.2. The van der Waals surface area contributed by atoms with Crippen LogP contribution in [0.15, 0.2) is 0 Å². The Morgan fingerprint density at radius 3 is 2.23 bits per heavy atom. The number of nitrogens with two attached hydrogens (primary N) is 1. The van der Waals surface area contributed by atoms with E-state index >= 15 is 0 Å². The van der Waals surface area contributed by atoms with E-state index in [1.807, 2.05) is 4.90 Å². The van der Waals surface area contributed by atoms with Crippen LogP contribution in [0.25, 0.3) is 0 Å². The van der Waals surface area contributed by atoms with Gasteiger partial charge in [0.05, 0.1) is 6.54 Å². The van der Waals surface area contributed by atoms with Crippen LogP contribution in [-0.4, -0.2) is 36.0 Å². The quantitative estimate of drug-likeness (QED) is 0.709. The van der Waals surface area contributed by atoms with Crippen molar-refractivity contribution < 1.29 is 8.78 Å². The summed E-state index contributed by atoms with van der Waals surface area (Å²) < 4.78 is 24.4. The zero-order chi connectivity index (χ0) is 9.42. The first kappa shape index (κ1) is 9.34. The lowest BCUT2D eigenvalue weighted by atomic mass is 9.98. The Morgan fingerprint density at radius 1 is 1.23 bits per heavy atom. The van der Waals surface area contributed by atoms with Gasteiger partial charge in [-0.3, -0.25) is 4.90 Å². The summed E-state index contributed by atoms with van der Waals surface area (Å²) in [7, 11) is 0. The van der Waals surface area contributed by atoms with E-state index in [0.29, 0.717) is 12.1 Å². The molecule has 76 valence electrons. The van der Waals surface area contributed by atoms with Gasteiger partial charge < -0.3 is 5.73 Å². The Kier molecular flexibility index (Phi) is 2.51. The zero-order valence-electron chi connectivity index (χ0n) is 7.63. The van der Waals surface area contributed by atoms with Crippen LogP contribution < -0.4 is 5.73 Å². The molecule has 2 aliphatic rings. The molecular formula is C9H16F2N2. The van der Waals surface area contributed by atoms with Gasteiger partial charge in [-0.1, -0.05) is 0 Å². The summed E-state index contributed by atoms with van der Waals surface area (Å²) in [6, 6.07) is 0.914. The molecule has 2 fully saturated rings. The molecule has 2 unspecified atom stereocenters. The summed E-state index contributed by atoms with van der Waals surface area (Å²) in [5.41, 5.74) is 5.83. The van der Waals surface area contributed by atoms with E-state index in [1.165, 1.54) is 0 Å². The van der Waals surface area contributed by atoms with Crippen molar-refractivity contribution in [2.75, 3.05) is 6.54 Å². The second-order valence-electron chi connectivity index (χ2n) is 4.20. The lowest BCUT2D eigenvalue weighted by Gasteiger charge is -2.37. The predicted molar refractivity (Wildman–Crippen MR) is 46.7 cm³/mol. The van der Waals surface area contributed by atoms with Crippen molar-refractivity contribution in [3.63, 3.8) is 0 Å². The number of nitrogens with zero attached hydrogens (tertiary/aromatic N) is 1. The molecular weight excluding hydrogens is 174 g/mol. The van der Waals surface area contributed by atoms with Gasteiger partial charge in [0, 0.05) is 18.1 Å². The average molecular weight is 190 g/mol. The fourth-order valence-corrected chi connectivity index (χ4v) is 2.77. The molecule has 0 aromatic heterocycles. The first-order chi connectivity index (χ1) is 6.16. The van der Waals surface area contributed by atoms with E-state index < -0.39 is 6.43 Å². The van der Waals surface area contributed by atoms with Gasteiger partial charge >= 0.3 is 0 Å². The van der Waals surface area contributed by atoms with Gasteiger partial charge in [-0.15, -0.1) is 0 Å². The van der Waals surface area contributed by atoms with Gasteiger partial charge in [0.15, 0.2) is 0 Å². The Labute approximate surface area is 77.1 Å². The first-order valence-corrected chi connectivity index (χ1v) is 4.96. The fraction of sp³-hybridized carbons (Fsp3) is 1.00. The van der Waals surface area contributed by atoms with Crippen LogP contribution in [-0.2, 0) is 0 Å². The van der Waals surface area contributed by atoms with Gasteiger partial charge in [-0.2, -0.15) is 0 Å². The highest BCUT2D eigenvalue weighted by Gasteiger charge is 2.40. The maximum Gasteiger partial charge on any atom is 0.251 e. The monoisotopic (exact) mass is 190 g/mol. The smallest absolute Gasteiger partial charge is 0.251 e. The summed E-state index contributed by atoms with van der Waals surface area (Å²) in [5, 5.41) is 0. The molecule has 13 heavy (non-hydrogen) atoms. The number of halogens is 2. The molecule has 4 heteroatoms. The molecule has 2 atom stereocenters. The van der Waals surface area contributed by atoms with Crippen molar-refractivity contribution in [2.45, 2.75) is 50.2 Å². The molecule has 0 aromatic carbocycles. The third-order valence-corrected chi connectivity index (χ3v) is 3.27. The minimum atomic E-state index is -2.20. The van der Waals surface area contributed by atoms with Crippen LogP contribution in [0.1, 0.15) is 25.7 Å². The zero-order valence-corrected chi connectivity index (χ0v) is 7.63. The summed E-state index contributed by atoms with van der Waals surface area (Å²) in [6.45, 7) is -0.0535. The maximum absolute atomic E-state index is 12.2. The minimum Gasteiger partial charge on any atom is -0.328 e. The Bertz CT molecular complexity index is 172. The minimum absolute atomic E-state index is 0.0535. The standard InChI is InChI=1S/C9H16F2N2/c10-9(11)5-13-7-1-2-8(13)4-6(12)3-7/h6-9H,1-5,12H2. The number of piperidine rings is 1. The largest absolute Gasteiger partial charge is 0.328 e. The highest BCUT2D eigenvalue weighted by Crippen LogP contribution is 2.35. The molecule has 0 radical (unpaired) electrons. The highest BCUT2D eigenvalue weighted by molar-refractivity contribution is 4.96. The van der Waals surface area contributed by atoms with Crippen molar-refractivity contribution in [2.24, 2.45) is 5.73 Å². The van der Waals surface area contributed by atoms with E-state index in [4.69, 9.17) is 5.73 Å². The van der Waals surface area contributed by atoms with Crippen molar-refractivity contribution in [3.05, 3.63) is 0 Å². The number of alkyl halides is 2. The van der Waals surface area contributed by atoms with Gasteiger partial charge in [0.25, 0.3) is 6.43 Å². The second-order valence-corrected chi connectivity index (χ2v) is 4.20. The van der Waals surface area contributed by atoms with E-state index in [0.717, 1.165) is 25.7 Å². The molecule has 2 N–H and O–H groups in total. The van der Waals surface area contributed by atoms with Crippen molar-refractivity contribution in [1.82, 2.24) is 4.90 Å².